The van der Waals surface area contributed by atoms with E-state index in [0.29, 0.717) is 34.2 Å². The van der Waals surface area contributed by atoms with E-state index in [1.807, 2.05) is 83.1 Å². The summed E-state index contributed by atoms with van der Waals surface area (Å²) in [4.78, 5) is 0. The monoisotopic (exact) mass is 902 g/mol. The van der Waals surface area contributed by atoms with Gasteiger partial charge in [-0.1, -0.05) is 83.1 Å². The van der Waals surface area contributed by atoms with Crippen LogP contribution >= 0.6 is 0 Å². The minimum atomic E-state index is -5.07. The molecule has 6 rings (SSSR count). The Kier molecular flexibility index (Phi) is 14.2. The Hall–Kier alpha value is -4.30. The summed E-state index contributed by atoms with van der Waals surface area (Å²) in [5.74, 6) is 0.311. The fourth-order valence-electron chi connectivity index (χ4n) is 6.17. The quantitative estimate of drug-likeness (QED) is 0.0948. The molecule has 0 fully saturated rings. The average Bonchev–Trinajstić information content (AvgIpc) is 3.96. The fraction of sp³-hybridized carbons (Fsp3) is 0.526. The second-order valence-electron chi connectivity index (χ2n) is 16.1. The van der Waals surface area contributed by atoms with Gasteiger partial charge < -0.3 is 9.11 Å². The third kappa shape index (κ3) is 8.80. The molecule has 21 heteroatoms. The first-order valence-electron chi connectivity index (χ1n) is 19.2. The number of nitrogens with zero attached hydrogens (tertiary/aromatic N) is 12. The summed E-state index contributed by atoms with van der Waals surface area (Å²) in [6, 6.07) is 10.2. The maximum absolute atomic E-state index is 12.9. The molecule has 0 atom stereocenters. The molecule has 6 aromatic rings. The number of hydrogen-bond donors (Lipinski definition) is 0. The van der Waals surface area contributed by atoms with Crippen LogP contribution < -0.4 is 0 Å². The van der Waals surface area contributed by atoms with Crippen molar-refractivity contribution < 1.29 is 45.4 Å². The molecule has 0 saturated carbocycles. The topological polar surface area (TPSA) is 221 Å². The van der Waals surface area contributed by atoms with Gasteiger partial charge in [-0.3, -0.25) is 0 Å². The Bertz CT molecular complexity index is 2140. The van der Waals surface area contributed by atoms with E-state index >= 15 is 0 Å². The molecular formula is C38H54N12O6S2Zn. The predicted octanol–water partition coefficient (Wildman–Crippen LogP) is 5.71. The van der Waals surface area contributed by atoms with Crippen LogP contribution in [0.1, 0.15) is 153 Å². The Balaban J connectivity index is 0.000000256. The van der Waals surface area contributed by atoms with Crippen molar-refractivity contribution in [2.75, 3.05) is 0 Å². The van der Waals surface area contributed by atoms with E-state index in [1.54, 1.807) is 36.4 Å². The Morgan fingerprint density at radius 3 is 0.593 bits per heavy atom. The van der Waals surface area contributed by atoms with Crippen LogP contribution in [0.3, 0.4) is 0 Å². The molecule has 6 heterocycles. The van der Waals surface area contributed by atoms with Crippen LogP contribution in [-0.2, 0) is 50.0 Å². The minimum Gasteiger partial charge on any atom is -0.743 e. The van der Waals surface area contributed by atoms with Gasteiger partial charge in [-0.25, -0.2) is 44.9 Å². The molecule has 0 spiro atoms. The summed E-state index contributed by atoms with van der Waals surface area (Å²) >= 11 is 0. The molecule has 6 aromatic heterocycles. The molecular weight excluding hydrogens is 850 g/mol. The molecule has 0 saturated heterocycles. The zero-order valence-corrected chi connectivity index (χ0v) is 40.3. The standard InChI is InChI=1S/2C19H28N6O3S.Zn/c2*1-13(2)16-7-10-23(20-16)19(29(26,27)28,24-11-8-17(21-24)14(3)4)25-12-9-18(22-25)15(5)6;/h2*7-15H,1-6H3,(H,26,27,28);/q;;+2/p-2. The van der Waals surface area contributed by atoms with Gasteiger partial charge >= 0.3 is 29.7 Å². The van der Waals surface area contributed by atoms with Crippen LogP contribution in [0.15, 0.2) is 73.6 Å². The van der Waals surface area contributed by atoms with E-state index in [1.165, 1.54) is 37.2 Å². The summed E-state index contributed by atoms with van der Waals surface area (Å²) in [5.41, 5.74) is 3.95. The normalized spacial score (nSPS) is 12.9. The third-order valence-electron chi connectivity index (χ3n) is 9.67. The number of rotatable bonds is 14. The molecule has 0 bridgehead atoms. The second kappa shape index (κ2) is 17.7. The first kappa shape index (κ1) is 47.4. The van der Waals surface area contributed by atoms with E-state index in [0.717, 1.165) is 28.1 Å². The van der Waals surface area contributed by atoms with Crippen LogP contribution in [0.4, 0.5) is 0 Å². The van der Waals surface area contributed by atoms with Crippen molar-refractivity contribution in [1.29, 1.82) is 0 Å². The Morgan fingerprint density at radius 2 is 0.508 bits per heavy atom. The van der Waals surface area contributed by atoms with Gasteiger partial charge in [0.2, 0.25) is 0 Å². The van der Waals surface area contributed by atoms with Crippen molar-refractivity contribution in [3.05, 3.63) is 108 Å². The van der Waals surface area contributed by atoms with Gasteiger partial charge in [-0.05, 0) is 71.9 Å². The molecule has 0 aromatic carbocycles. The van der Waals surface area contributed by atoms with Gasteiger partial charge in [0.1, 0.15) is 0 Å². The van der Waals surface area contributed by atoms with Crippen molar-refractivity contribution in [1.82, 2.24) is 58.7 Å². The molecule has 0 aliphatic rings. The maximum atomic E-state index is 12.9. The van der Waals surface area contributed by atoms with Gasteiger partial charge in [-0.15, -0.1) is 0 Å². The van der Waals surface area contributed by atoms with Crippen LogP contribution in [0, 0.1) is 0 Å². The summed E-state index contributed by atoms with van der Waals surface area (Å²) in [6.45, 7) is 23.3. The van der Waals surface area contributed by atoms with E-state index in [4.69, 9.17) is 0 Å². The second-order valence-corrected chi connectivity index (χ2v) is 19.0. The van der Waals surface area contributed by atoms with Crippen LogP contribution in [0.5, 0.6) is 0 Å². The van der Waals surface area contributed by atoms with E-state index in [-0.39, 0.29) is 55.0 Å². The largest absolute Gasteiger partial charge is 2.00 e. The molecule has 0 aliphatic carbocycles. The van der Waals surface area contributed by atoms with Gasteiger partial charge in [0.25, 0.3) is 0 Å². The summed E-state index contributed by atoms with van der Waals surface area (Å²) in [5, 5.41) is 21.9. The average molecular weight is 904 g/mol. The fourth-order valence-corrected chi connectivity index (χ4v) is 8.15. The van der Waals surface area contributed by atoms with Crippen molar-refractivity contribution in [3.63, 3.8) is 0 Å². The van der Waals surface area contributed by atoms with E-state index < -0.39 is 30.5 Å². The Morgan fingerprint density at radius 1 is 0.373 bits per heavy atom. The van der Waals surface area contributed by atoms with E-state index in [9.17, 15) is 25.9 Å². The number of aromatic nitrogens is 12. The van der Waals surface area contributed by atoms with Crippen LogP contribution in [-0.4, -0.2) is 84.6 Å². The predicted molar refractivity (Wildman–Crippen MR) is 215 cm³/mol. The zero-order valence-electron chi connectivity index (χ0n) is 35.7. The van der Waals surface area contributed by atoms with E-state index in [2.05, 4.69) is 30.6 Å². The number of hydrogen-bond acceptors (Lipinski definition) is 12. The van der Waals surface area contributed by atoms with Gasteiger partial charge in [-0.2, -0.15) is 30.6 Å². The smallest absolute Gasteiger partial charge is 0.743 e. The first-order valence-corrected chi connectivity index (χ1v) is 22.0. The zero-order chi connectivity index (χ0) is 43.1. The minimum absolute atomic E-state index is 0. The maximum Gasteiger partial charge on any atom is 2.00 e. The summed E-state index contributed by atoms with van der Waals surface area (Å²) in [7, 11) is -10.1. The molecule has 59 heavy (non-hydrogen) atoms. The molecule has 0 radical (unpaired) electrons. The van der Waals surface area contributed by atoms with Gasteiger partial charge in [0, 0.05) is 37.2 Å². The summed E-state index contributed by atoms with van der Waals surface area (Å²) < 4.78 is 84.0. The molecule has 316 valence electrons. The molecule has 0 unspecified atom stereocenters. The molecule has 0 amide bonds. The Labute approximate surface area is 359 Å². The van der Waals surface area contributed by atoms with Crippen molar-refractivity contribution >= 4 is 20.2 Å². The van der Waals surface area contributed by atoms with Crippen molar-refractivity contribution in [2.45, 2.75) is 129 Å². The van der Waals surface area contributed by atoms with Gasteiger partial charge in [0.05, 0.1) is 34.2 Å². The van der Waals surface area contributed by atoms with Crippen molar-refractivity contribution in [2.24, 2.45) is 0 Å². The van der Waals surface area contributed by atoms with Crippen LogP contribution in [0.25, 0.3) is 0 Å². The van der Waals surface area contributed by atoms with Crippen LogP contribution in [0.2, 0.25) is 0 Å². The van der Waals surface area contributed by atoms with Crippen molar-refractivity contribution in [3.8, 4) is 0 Å². The first-order chi connectivity index (χ1) is 27.0. The third-order valence-corrected chi connectivity index (χ3v) is 12.1. The molecule has 18 nitrogen and oxygen atoms in total. The summed E-state index contributed by atoms with van der Waals surface area (Å²) in [6.07, 6.45) is 8.91. The molecule has 0 N–H and O–H groups in total. The molecule has 0 aliphatic heterocycles. The SMILES string of the molecule is CC(C)c1ccn(C(n2ccc(C(C)C)n2)(n2ccc(C(C)C)n2)S(=O)(=O)[O-])n1.CC(C)c1ccn(C(n2ccc(C(C)C)n2)(n2ccc(C(C)C)n2)S(=O)(=O)[O-])n1.[Zn+2]. The van der Waals surface area contributed by atoms with Gasteiger partial charge in [0.15, 0.2) is 20.2 Å².